The molecule has 0 radical (unpaired) electrons. The first-order valence-electron chi connectivity index (χ1n) is 5.52. The maximum Gasteiger partial charge on any atom is 0.110 e. The van der Waals surface area contributed by atoms with Crippen LogP contribution >= 0.6 is 0 Å². The van der Waals surface area contributed by atoms with Gasteiger partial charge < -0.3 is 0 Å². The van der Waals surface area contributed by atoms with Gasteiger partial charge in [-0.05, 0) is 17.3 Å². The van der Waals surface area contributed by atoms with Crippen LogP contribution in [0.3, 0.4) is 0 Å². The van der Waals surface area contributed by atoms with Gasteiger partial charge in [-0.15, -0.1) is 0 Å². The highest BCUT2D eigenvalue weighted by molar-refractivity contribution is 6.15. The maximum atomic E-state index is 2.43. The SMILES string of the molecule is BC(CC)(CC(C)(C)C)C(C)(C)C. The molecular formula is C12H27B. The van der Waals surface area contributed by atoms with Crippen LogP contribution in [0, 0.1) is 10.8 Å². The molecule has 0 spiro atoms. The Balaban J connectivity index is 4.67. The highest BCUT2D eigenvalue weighted by Gasteiger charge is 2.38. The lowest BCUT2D eigenvalue weighted by atomic mass is 9.48. The molecule has 13 heavy (non-hydrogen) atoms. The van der Waals surface area contributed by atoms with Gasteiger partial charge in [0.05, 0.1) is 0 Å². The molecular weight excluding hydrogens is 155 g/mol. The van der Waals surface area contributed by atoms with Gasteiger partial charge in [0.1, 0.15) is 7.85 Å². The van der Waals surface area contributed by atoms with E-state index in [9.17, 15) is 0 Å². The summed E-state index contributed by atoms with van der Waals surface area (Å²) >= 11 is 0. The average molecular weight is 182 g/mol. The molecule has 0 aliphatic heterocycles. The largest absolute Gasteiger partial charge is 0.110 e. The van der Waals surface area contributed by atoms with Crippen molar-refractivity contribution in [3.8, 4) is 0 Å². The minimum atomic E-state index is 0.412. The highest BCUT2D eigenvalue weighted by Crippen LogP contribution is 2.52. The molecule has 0 rings (SSSR count). The van der Waals surface area contributed by atoms with Gasteiger partial charge in [0.25, 0.3) is 0 Å². The van der Waals surface area contributed by atoms with E-state index in [1.54, 1.807) is 0 Å². The quantitative estimate of drug-likeness (QED) is 0.571. The standard InChI is InChI=1S/C12H27B/c1-8-12(13,11(5,6)7)9-10(2,3)4/h8-9,13H2,1-7H3. The van der Waals surface area contributed by atoms with Gasteiger partial charge in [-0.2, -0.15) is 0 Å². The molecule has 0 amide bonds. The second-order valence-electron chi connectivity index (χ2n) is 6.90. The summed E-state index contributed by atoms with van der Waals surface area (Å²) in [4.78, 5) is 0. The van der Waals surface area contributed by atoms with Crippen molar-refractivity contribution in [1.29, 1.82) is 0 Å². The van der Waals surface area contributed by atoms with Gasteiger partial charge >= 0.3 is 0 Å². The van der Waals surface area contributed by atoms with Gasteiger partial charge in [0.2, 0.25) is 0 Å². The van der Waals surface area contributed by atoms with Gasteiger partial charge in [0.15, 0.2) is 0 Å². The average Bonchev–Trinajstić information content (AvgIpc) is 1.81. The van der Waals surface area contributed by atoms with E-state index in [0.29, 0.717) is 16.1 Å². The van der Waals surface area contributed by atoms with Crippen molar-refractivity contribution >= 4 is 7.85 Å². The monoisotopic (exact) mass is 182 g/mol. The third-order valence-electron chi connectivity index (χ3n) is 3.51. The fourth-order valence-corrected chi connectivity index (χ4v) is 2.09. The van der Waals surface area contributed by atoms with E-state index in [-0.39, 0.29) is 0 Å². The van der Waals surface area contributed by atoms with Gasteiger partial charge in [-0.3, -0.25) is 0 Å². The molecule has 0 aromatic rings. The van der Waals surface area contributed by atoms with E-state index in [2.05, 4.69) is 56.3 Å². The normalized spacial score (nSPS) is 18.4. The predicted octanol–water partition coefficient (Wildman–Crippen LogP) is 3.67. The third-order valence-corrected chi connectivity index (χ3v) is 3.51. The lowest BCUT2D eigenvalue weighted by molar-refractivity contribution is 0.178. The molecule has 0 aromatic heterocycles. The van der Waals surface area contributed by atoms with Crippen molar-refractivity contribution in [1.82, 2.24) is 0 Å². The lowest BCUT2D eigenvalue weighted by Gasteiger charge is -2.45. The summed E-state index contributed by atoms with van der Waals surface area (Å²) < 4.78 is 0. The summed E-state index contributed by atoms with van der Waals surface area (Å²) in [5, 5.41) is 0.464. The zero-order chi connectivity index (χ0) is 10.9. The van der Waals surface area contributed by atoms with Crippen LogP contribution in [0.25, 0.3) is 0 Å². The molecule has 1 atom stereocenters. The molecule has 0 fully saturated rings. The van der Waals surface area contributed by atoms with Crippen LogP contribution in [-0.4, -0.2) is 7.85 Å². The Hall–Kier alpha value is 0.0649. The van der Waals surface area contributed by atoms with Gasteiger partial charge in [-0.1, -0.05) is 60.2 Å². The molecule has 0 aromatic carbocycles. The Bertz CT molecular complexity index is 159. The zero-order valence-electron chi connectivity index (χ0n) is 10.9. The first kappa shape index (κ1) is 13.1. The molecule has 0 saturated heterocycles. The van der Waals surface area contributed by atoms with Crippen molar-refractivity contribution in [2.24, 2.45) is 10.8 Å². The molecule has 0 saturated carbocycles. The molecule has 0 bridgehead atoms. The molecule has 0 heterocycles. The van der Waals surface area contributed by atoms with Crippen molar-refractivity contribution in [3.05, 3.63) is 0 Å². The number of rotatable bonds is 2. The fourth-order valence-electron chi connectivity index (χ4n) is 2.09. The van der Waals surface area contributed by atoms with Crippen LogP contribution in [-0.2, 0) is 0 Å². The molecule has 1 heteroatoms. The van der Waals surface area contributed by atoms with Crippen molar-refractivity contribution in [2.75, 3.05) is 0 Å². The van der Waals surface area contributed by atoms with E-state index in [1.165, 1.54) is 12.8 Å². The van der Waals surface area contributed by atoms with E-state index < -0.39 is 0 Å². The molecule has 1 unspecified atom stereocenters. The molecule has 0 nitrogen and oxygen atoms in total. The maximum absolute atomic E-state index is 2.43. The number of hydrogen-bond donors (Lipinski definition) is 0. The molecule has 0 N–H and O–H groups in total. The number of hydrogen-bond acceptors (Lipinski definition) is 0. The minimum Gasteiger partial charge on any atom is -0.0655 e. The Morgan fingerprint density at radius 2 is 1.31 bits per heavy atom. The Kier molecular flexibility index (Phi) is 3.69. The van der Waals surface area contributed by atoms with Crippen LogP contribution in [0.15, 0.2) is 0 Å². The highest BCUT2D eigenvalue weighted by atomic mass is 14.4. The first-order valence-corrected chi connectivity index (χ1v) is 5.52. The zero-order valence-corrected chi connectivity index (χ0v) is 10.9. The van der Waals surface area contributed by atoms with Crippen molar-refractivity contribution in [3.63, 3.8) is 0 Å². The lowest BCUT2D eigenvalue weighted by Crippen LogP contribution is -2.32. The second kappa shape index (κ2) is 3.67. The van der Waals surface area contributed by atoms with Crippen LogP contribution in [0.5, 0.6) is 0 Å². The third kappa shape index (κ3) is 3.75. The molecule has 0 aliphatic rings. The Labute approximate surface area is 85.9 Å². The summed E-state index contributed by atoms with van der Waals surface area (Å²) in [5.74, 6) is 0. The minimum absolute atomic E-state index is 0.412. The van der Waals surface area contributed by atoms with Crippen molar-refractivity contribution in [2.45, 2.75) is 66.6 Å². The predicted molar refractivity (Wildman–Crippen MR) is 65.1 cm³/mol. The van der Waals surface area contributed by atoms with Crippen LogP contribution in [0.1, 0.15) is 61.3 Å². The second-order valence-corrected chi connectivity index (χ2v) is 6.90. The Morgan fingerprint density at radius 1 is 0.923 bits per heavy atom. The molecule has 78 valence electrons. The molecule has 0 aliphatic carbocycles. The van der Waals surface area contributed by atoms with Gasteiger partial charge in [-0.25, -0.2) is 0 Å². The van der Waals surface area contributed by atoms with E-state index >= 15 is 0 Å². The van der Waals surface area contributed by atoms with E-state index in [4.69, 9.17) is 0 Å². The van der Waals surface area contributed by atoms with E-state index in [1.807, 2.05) is 0 Å². The van der Waals surface area contributed by atoms with Crippen LogP contribution in [0.4, 0.5) is 0 Å². The van der Waals surface area contributed by atoms with Crippen LogP contribution < -0.4 is 0 Å². The van der Waals surface area contributed by atoms with Gasteiger partial charge in [0, 0.05) is 0 Å². The fraction of sp³-hybridized carbons (Fsp3) is 1.00. The summed E-state index contributed by atoms with van der Waals surface area (Å²) in [5.41, 5.74) is 0.854. The van der Waals surface area contributed by atoms with Crippen LogP contribution in [0.2, 0.25) is 5.31 Å². The topological polar surface area (TPSA) is 0 Å². The Morgan fingerprint density at radius 3 is 1.38 bits per heavy atom. The summed E-state index contributed by atoms with van der Waals surface area (Å²) in [6.45, 7) is 16.4. The summed E-state index contributed by atoms with van der Waals surface area (Å²) in [7, 11) is 2.43. The summed E-state index contributed by atoms with van der Waals surface area (Å²) in [6.07, 6.45) is 2.58. The first-order chi connectivity index (χ1) is 5.52. The smallest absolute Gasteiger partial charge is 0.0655 e. The summed E-state index contributed by atoms with van der Waals surface area (Å²) in [6, 6.07) is 0. The van der Waals surface area contributed by atoms with Crippen molar-refractivity contribution < 1.29 is 0 Å². The van der Waals surface area contributed by atoms with E-state index in [0.717, 1.165) is 0 Å².